The standard InChI is InChI=1S/C19H36N2O2/c1-5-16(4)17-6-10-21(11-7-17)19(22)14-23-18-8-12-20(13-9-18)15(2)3/h15-18H,5-14H2,1-4H3. The first-order valence-corrected chi connectivity index (χ1v) is 9.64. The Labute approximate surface area is 142 Å². The van der Waals surface area contributed by atoms with Gasteiger partial charge in [0.2, 0.25) is 5.91 Å². The highest BCUT2D eigenvalue weighted by molar-refractivity contribution is 5.77. The van der Waals surface area contributed by atoms with Crippen LogP contribution in [0.25, 0.3) is 0 Å². The number of carbonyl (C=O) groups is 1. The van der Waals surface area contributed by atoms with Crippen molar-refractivity contribution in [1.82, 2.24) is 9.80 Å². The fraction of sp³-hybridized carbons (Fsp3) is 0.947. The molecule has 0 aromatic carbocycles. The van der Waals surface area contributed by atoms with Gasteiger partial charge in [0.25, 0.3) is 0 Å². The molecule has 4 heteroatoms. The van der Waals surface area contributed by atoms with E-state index in [2.05, 4.69) is 32.6 Å². The predicted octanol–water partition coefficient (Wildman–Crippen LogP) is 3.16. The van der Waals surface area contributed by atoms with Gasteiger partial charge in [-0.2, -0.15) is 0 Å². The Morgan fingerprint density at radius 1 is 1.04 bits per heavy atom. The molecule has 0 aliphatic carbocycles. The summed E-state index contributed by atoms with van der Waals surface area (Å²) >= 11 is 0. The van der Waals surface area contributed by atoms with Crippen LogP contribution in [0.2, 0.25) is 0 Å². The Bertz CT molecular complexity index is 356. The number of nitrogens with zero attached hydrogens (tertiary/aromatic N) is 2. The minimum absolute atomic E-state index is 0.193. The van der Waals surface area contributed by atoms with E-state index < -0.39 is 0 Å². The second kappa shape index (κ2) is 9.03. The van der Waals surface area contributed by atoms with Crippen molar-refractivity contribution in [2.24, 2.45) is 11.8 Å². The van der Waals surface area contributed by atoms with E-state index in [0.717, 1.165) is 63.7 Å². The molecular formula is C19H36N2O2. The first-order valence-electron chi connectivity index (χ1n) is 9.64. The van der Waals surface area contributed by atoms with Gasteiger partial charge in [0, 0.05) is 32.2 Å². The monoisotopic (exact) mass is 324 g/mol. The molecule has 0 bridgehead atoms. The lowest BCUT2D eigenvalue weighted by Crippen LogP contribution is -2.44. The Balaban J connectivity index is 1.64. The molecule has 2 aliphatic rings. The lowest BCUT2D eigenvalue weighted by atomic mass is 9.84. The molecule has 0 radical (unpaired) electrons. The minimum atomic E-state index is 0.193. The number of likely N-dealkylation sites (tertiary alicyclic amines) is 2. The summed E-state index contributed by atoms with van der Waals surface area (Å²) in [5.74, 6) is 1.78. The van der Waals surface area contributed by atoms with Gasteiger partial charge < -0.3 is 14.5 Å². The van der Waals surface area contributed by atoms with Gasteiger partial charge in [0.1, 0.15) is 6.61 Å². The average molecular weight is 325 g/mol. The second-order valence-electron chi connectivity index (χ2n) is 7.74. The topological polar surface area (TPSA) is 32.8 Å². The number of carbonyl (C=O) groups excluding carboxylic acids is 1. The van der Waals surface area contributed by atoms with E-state index in [-0.39, 0.29) is 18.6 Å². The van der Waals surface area contributed by atoms with Crippen LogP contribution >= 0.6 is 0 Å². The molecule has 0 saturated carbocycles. The molecule has 0 aromatic rings. The quantitative estimate of drug-likeness (QED) is 0.752. The van der Waals surface area contributed by atoms with Gasteiger partial charge in [-0.15, -0.1) is 0 Å². The predicted molar refractivity (Wildman–Crippen MR) is 94.4 cm³/mol. The van der Waals surface area contributed by atoms with Gasteiger partial charge in [-0.1, -0.05) is 20.3 Å². The van der Waals surface area contributed by atoms with Crippen molar-refractivity contribution in [2.45, 2.75) is 71.9 Å². The highest BCUT2D eigenvalue weighted by atomic mass is 16.5. The van der Waals surface area contributed by atoms with Gasteiger partial charge in [0.15, 0.2) is 0 Å². The van der Waals surface area contributed by atoms with Crippen LogP contribution < -0.4 is 0 Å². The fourth-order valence-corrected chi connectivity index (χ4v) is 3.89. The Hall–Kier alpha value is -0.610. The van der Waals surface area contributed by atoms with Crippen LogP contribution in [0.1, 0.15) is 59.8 Å². The Kier molecular flexibility index (Phi) is 7.35. The number of ether oxygens (including phenoxy) is 1. The highest BCUT2D eigenvalue weighted by Crippen LogP contribution is 2.27. The van der Waals surface area contributed by atoms with Gasteiger partial charge in [0.05, 0.1) is 6.10 Å². The van der Waals surface area contributed by atoms with Crippen molar-refractivity contribution in [1.29, 1.82) is 0 Å². The fourth-order valence-electron chi connectivity index (χ4n) is 3.89. The summed E-state index contributed by atoms with van der Waals surface area (Å²) in [7, 11) is 0. The van der Waals surface area contributed by atoms with Gasteiger partial charge in [-0.05, 0) is 51.4 Å². The molecule has 1 amide bonds. The highest BCUT2D eigenvalue weighted by Gasteiger charge is 2.27. The third kappa shape index (κ3) is 5.46. The van der Waals surface area contributed by atoms with E-state index in [4.69, 9.17) is 4.74 Å². The molecule has 23 heavy (non-hydrogen) atoms. The summed E-state index contributed by atoms with van der Waals surface area (Å²) in [5, 5.41) is 0. The molecule has 2 heterocycles. The number of amides is 1. The first kappa shape index (κ1) is 18.7. The zero-order valence-corrected chi connectivity index (χ0v) is 15.6. The lowest BCUT2D eigenvalue weighted by molar-refractivity contribution is -0.140. The summed E-state index contributed by atoms with van der Waals surface area (Å²) in [4.78, 5) is 16.9. The second-order valence-corrected chi connectivity index (χ2v) is 7.74. The molecule has 2 fully saturated rings. The third-order valence-electron chi connectivity index (χ3n) is 5.99. The summed E-state index contributed by atoms with van der Waals surface area (Å²) in [6.45, 7) is 13.4. The largest absolute Gasteiger partial charge is 0.368 e. The third-order valence-corrected chi connectivity index (χ3v) is 5.99. The SMILES string of the molecule is CCC(C)C1CCN(C(=O)COC2CCN(C(C)C)CC2)CC1. The molecule has 134 valence electrons. The van der Waals surface area contributed by atoms with E-state index >= 15 is 0 Å². The van der Waals surface area contributed by atoms with Crippen molar-refractivity contribution in [3.05, 3.63) is 0 Å². The molecule has 1 unspecified atom stereocenters. The van der Waals surface area contributed by atoms with Crippen LogP contribution in [-0.2, 0) is 9.53 Å². The average Bonchev–Trinajstić information content (AvgIpc) is 2.59. The van der Waals surface area contributed by atoms with Crippen molar-refractivity contribution in [3.8, 4) is 0 Å². The maximum absolute atomic E-state index is 12.3. The summed E-state index contributed by atoms with van der Waals surface area (Å²) in [5.41, 5.74) is 0. The van der Waals surface area contributed by atoms with Crippen LogP contribution in [0.15, 0.2) is 0 Å². The zero-order chi connectivity index (χ0) is 16.8. The molecule has 0 aromatic heterocycles. The number of rotatable bonds is 6. The van der Waals surface area contributed by atoms with Crippen LogP contribution in [0.5, 0.6) is 0 Å². The van der Waals surface area contributed by atoms with Crippen molar-refractivity contribution in [3.63, 3.8) is 0 Å². The molecule has 0 N–H and O–H groups in total. The molecule has 4 nitrogen and oxygen atoms in total. The maximum Gasteiger partial charge on any atom is 0.248 e. The Morgan fingerprint density at radius 2 is 1.65 bits per heavy atom. The molecule has 0 spiro atoms. The normalized spacial score (nSPS) is 23.4. The van der Waals surface area contributed by atoms with Crippen LogP contribution in [-0.4, -0.2) is 60.6 Å². The maximum atomic E-state index is 12.3. The van der Waals surface area contributed by atoms with Crippen LogP contribution in [0.4, 0.5) is 0 Å². The first-order chi connectivity index (χ1) is 11.0. The smallest absolute Gasteiger partial charge is 0.248 e. The summed E-state index contributed by atoms with van der Waals surface area (Å²) in [6, 6.07) is 0.615. The summed E-state index contributed by atoms with van der Waals surface area (Å²) in [6.07, 6.45) is 5.95. The van der Waals surface area contributed by atoms with E-state index in [1.807, 2.05) is 4.90 Å². The minimum Gasteiger partial charge on any atom is -0.368 e. The summed E-state index contributed by atoms with van der Waals surface area (Å²) < 4.78 is 5.90. The molecule has 2 saturated heterocycles. The van der Waals surface area contributed by atoms with Crippen molar-refractivity contribution >= 4 is 5.91 Å². The van der Waals surface area contributed by atoms with Gasteiger partial charge >= 0.3 is 0 Å². The number of hydrogen-bond donors (Lipinski definition) is 0. The van der Waals surface area contributed by atoms with E-state index in [1.54, 1.807) is 0 Å². The molecule has 2 rings (SSSR count). The van der Waals surface area contributed by atoms with Crippen LogP contribution in [0.3, 0.4) is 0 Å². The van der Waals surface area contributed by atoms with Gasteiger partial charge in [-0.25, -0.2) is 0 Å². The zero-order valence-electron chi connectivity index (χ0n) is 15.6. The Morgan fingerprint density at radius 3 is 2.17 bits per heavy atom. The van der Waals surface area contributed by atoms with E-state index in [9.17, 15) is 4.79 Å². The van der Waals surface area contributed by atoms with E-state index in [1.165, 1.54) is 6.42 Å². The van der Waals surface area contributed by atoms with Crippen molar-refractivity contribution < 1.29 is 9.53 Å². The lowest BCUT2D eigenvalue weighted by Gasteiger charge is -2.36. The van der Waals surface area contributed by atoms with Gasteiger partial charge in [-0.3, -0.25) is 4.79 Å². The number of hydrogen-bond acceptors (Lipinski definition) is 3. The molecule has 1 atom stereocenters. The molecular weight excluding hydrogens is 288 g/mol. The van der Waals surface area contributed by atoms with Crippen LogP contribution in [0, 0.1) is 11.8 Å². The van der Waals surface area contributed by atoms with Crippen molar-refractivity contribution in [2.75, 3.05) is 32.8 Å². The van der Waals surface area contributed by atoms with E-state index in [0.29, 0.717) is 6.04 Å². The molecule has 2 aliphatic heterocycles. The number of piperidine rings is 2.